The van der Waals surface area contributed by atoms with Crippen LogP contribution >= 0.6 is 31.9 Å². The summed E-state index contributed by atoms with van der Waals surface area (Å²) in [5, 5.41) is 1.18. The number of carbonyl (C=O) groups excluding carboxylic acids is 1. The number of benzene rings is 2. The first-order chi connectivity index (χ1) is 16.7. The van der Waals surface area contributed by atoms with Crippen molar-refractivity contribution in [2.75, 3.05) is 0 Å². The van der Waals surface area contributed by atoms with Crippen LogP contribution in [0.3, 0.4) is 0 Å². The van der Waals surface area contributed by atoms with Gasteiger partial charge in [-0.2, -0.15) is 0 Å². The fourth-order valence-electron chi connectivity index (χ4n) is 4.44. The Kier molecular flexibility index (Phi) is 7.11. The minimum Gasteiger partial charge on any atom is -0.369 e. The fraction of sp³-hybridized carbons (Fsp3) is 0.280. The molecule has 4 aromatic rings. The first-order valence-electron chi connectivity index (χ1n) is 10.8. The van der Waals surface area contributed by atoms with Crippen LogP contribution in [0, 0.1) is 12.5 Å². The van der Waals surface area contributed by atoms with Crippen molar-refractivity contribution in [1.29, 1.82) is 0 Å². The van der Waals surface area contributed by atoms with E-state index in [9.17, 15) is 14.4 Å². The number of hydrogen-bond acceptors (Lipinski definition) is 5. The molecule has 2 N–H and O–H groups in total. The molecule has 0 saturated carbocycles. The van der Waals surface area contributed by atoms with Crippen LogP contribution in [-0.4, -0.2) is 31.1 Å². The summed E-state index contributed by atoms with van der Waals surface area (Å²) in [4.78, 5) is 48.0. The Bertz CT molecular complexity index is 1690. The highest BCUT2D eigenvalue weighted by Crippen LogP contribution is 2.22. The molecule has 2 atom stereocenters. The topological polar surface area (TPSA) is 117 Å². The van der Waals surface area contributed by atoms with Crippen LogP contribution in [0.5, 0.6) is 0 Å². The van der Waals surface area contributed by atoms with Crippen LogP contribution in [0.25, 0.3) is 26.7 Å². The van der Waals surface area contributed by atoms with E-state index in [2.05, 4.69) is 46.7 Å². The quantitative estimate of drug-likeness (QED) is 0.330. The van der Waals surface area contributed by atoms with E-state index in [1.807, 2.05) is 12.1 Å². The number of amides is 1. The van der Waals surface area contributed by atoms with Gasteiger partial charge in [0.1, 0.15) is 18.2 Å². The predicted octanol–water partition coefficient (Wildman–Crippen LogP) is 3.46. The Labute approximate surface area is 223 Å². The molecular formula is C25H22Br2N6O3. The Morgan fingerprint density at radius 3 is 1.92 bits per heavy atom. The molecule has 0 fully saturated rings. The summed E-state index contributed by atoms with van der Waals surface area (Å²) < 4.78 is 4.95. The number of fused-ring (bicyclic) bond motifs is 4. The molecule has 0 bridgehead atoms. The van der Waals surface area contributed by atoms with Gasteiger partial charge in [-0.3, -0.25) is 23.5 Å². The van der Waals surface area contributed by atoms with Gasteiger partial charge in [-0.1, -0.05) is 39.3 Å². The van der Waals surface area contributed by atoms with Crippen molar-refractivity contribution < 1.29 is 4.79 Å². The van der Waals surface area contributed by atoms with Crippen molar-refractivity contribution in [2.24, 2.45) is 11.7 Å². The second kappa shape index (κ2) is 9.95. The van der Waals surface area contributed by atoms with Crippen LogP contribution in [0.1, 0.15) is 19.1 Å². The van der Waals surface area contributed by atoms with Gasteiger partial charge < -0.3 is 10.6 Å². The molecule has 4 heterocycles. The molecule has 6 rings (SSSR count). The van der Waals surface area contributed by atoms with Gasteiger partial charge in [-0.15, -0.1) is 0 Å². The lowest BCUT2D eigenvalue weighted by Gasteiger charge is -2.04. The van der Waals surface area contributed by atoms with E-state index in [0.717, 1.165) is 14.8 Å². The van der Waals surface area contributed by atoms with Crippen LogP contribution in [-0.2, 0) is 30.7 Å². The summed E-state index contributed by atoms with van der Waals surface area (Å²) >= 11 is 6.72. The zero-order valence-electron chi connectivity index (χ0n) is 18.2. The molecule has 2 aliphatic rings. The summed E-state index contributed by atoms with van der Waals surface area (Å²) in [6.45, 7) is 7.84. The zero-order chi connectivity index (χ0) is 24.9. The van der Waals surface area contributed by atoms with Crippen molar-refractivity contribution in [3.63, 3.8) is 0 Å². The summed E-state index contributed by atoms with van der Waals surface area (Å²) in [5.41, 5.74) is 6.48. The summed E-state index contributed by atoms with van der Waals surface area (Å²) in [5.74, 6) is 0.645. The number of carbonyl (C=O) groups is 1. The number of nitrogens with zero attached hydrogens (tertiary/aromatic N) is 5. The molecule has 2 aromatic heterocycles. The molecule has 36 heavy (non-hydrogen) atoms. The van der Waals surface area contributed by atoms with Crippen molar-refractivity contribution in [2.45, 2.75) is 39.4 Å². The Morgan fingerprint density at radius 1 is 0.917 bits per heavy atom. The number of primary amides is 1. The molecule has 2 aliphatic heterocycles. The van der Waals surface area contributed by atoms with E-state index in [-0.39, 0.29) is 36.4 Å². The Balaban J connectivity index is 0.000000165. The van der Waals surface area contributed by atoms with E-state index < -0.39 is 0 Å². The minimum atomic E-state index is -0.384. The van der Waals surface area contributed by atoms with E-state index in [0.29, 0.717) is 53.6 Å². The molecule has 0 aliphatic carbocycles. The largest absolute Gasteiger partial charge is 0.369 e. The molecule has 0 saturated heterocycles. The molecule has 9 nitrogen and oxygen atoms in total. The highest BCUT2D eigenvalue weighted by atomic mass is 79.9. The van der Waals surface area contributed by atoms with Crippen molar-refractivity contribution in [3.05, 3.63) is 89.1 Å². The molecule has 2 unspecified atom stereocenters. The van der Waals surface area contributed by atoms with E-state index in [4.69, 9.17) is 12.3 Å². The monoisotopic (exact) mass is 612 g/mol. The average Bonchev–Trinajstić information content (AvgIpc) is 3.44. The van der Waals surface area contributed by atoms with E-state index in [1.54, 1.807) is 33.4 Å². The van der Waals surface area contributed by atoms with Gasteiger partial charge in [0.2, 0.25) is 11.9 Å². The van der Waals surface area contributed by atoms with Gasteiger partial charge in [0.25, 0.3) is 11.1 Å². The maximum atomic E-state index is 12.3. The second-order valence-electron chi connectivity index (χ2n) is 8.50. The third kappa shape index (κ3) is 4.58. The van der Waals surface area contributed by atoms with Gasteiger partial charge in [-0.05, 0) is 36.4 Å². The minimum absolute atomic E-state index is 0. The van der Waals surface area contributed by atoms with Crippen molar-refractivity contribution in [3.8, 4) is 0 Å². The van der Waals surface area contributed by atoms with Gasteiger partial charge >= 0.3 is 0 Å². The van der Waals surface area contributed by atoms with Gasteiger partial charge in [0.05, 0.1) is 34.1 Å². The van der Waals surface area contributed by atoms with Crippen LogP contribution in [0.15, 0.2) is 54.9 Å². The van der Waals surface area contributed by atoms with Crippen LogP contribution in [0.4, 0.5) is 0 Å². The molecule has 11 heteroatoms. The lowest BCUT2D eigenvalue weighted by atomic mass is 10.1. The van der Waals surface area contributed by atoms with Crippen molar-refractivity contribution >= 4 is 59.6 Å². The maximum absolute atomic E-state index is 12.3. The highest BCUT2D eigenvalue weighted by molar-refractivity contribution is 9.10. The van der Waals surface area contributed by atoms with Gasteiger partial charge in [0, 0.05) is 21.9 Å². The van der Waals surface area contributed by atoms with Crippen LogP contribution in [0.2, 0.25) is 0 Å². The number of hydrogen-bond donors (Lipinski definition) is 1. The predicted molar refractivity (Wildman–Crippen MR) is 145 cm³/mol. The standard InChI is InChI=1S/C12H10BrN3O2.C12H8BrN3O.CH4/c13-7-1-2-8-9(4-7)15-10-3-6(11(14)17)5-16(10)12(8)18;1-14-8-5-11-15-10-4-7(13)2-3-9(10)12(17)16(11)6-8;/h1-2,4,6H,3,5H2,(H2,14,17);2-4,8H,5-6H2;1H4. The Morgan fingerprint density at radius 2 is 1.42 bits per heavy atom. The molecular weight excluding hydrogens is 592 g/mol. The molecule has 0 radical (unpaired) electrons. The summed E-state index contributed by atoms with van der Waals surface area (Å²) in [7, 11) is 0. The van der Waals surface area contributed by atoms with Crippen molar-refractivity contribution in [1.82, 2.24) is 19.1 Å². The SMILES string of the molecule is C.NC(=O)C1Cc2nc3cc(Br)ccc3c(=O)n2C1.[C-]#[N+]C1Cc2nc3cc(Br)ccc3c(=O)n2C1. The van der Waals surface area contributed by atoms with E-state index >= 15 is 0 Å². The maximum Gasteiger partial charge on any atom is 0.261 e. The zero-order valence-corrected chi connectivity index (χ0v) is 21.4. The molecule has 184 valence electrons. The normalized spacial score (nSPS) is 17.5. The second-order valence-corrected chi connectivity index (χ2v) is 10.3. The third-order valence-corrected chi connectivity index (χ3v) is 7.21. The smallest absolute Gasteiger partial charge is 0.261 e. The lowest BCUT2D eigenvalue weighted by Crippen LogP contribution is -2.26. The number of rotatable bonds is 1. The summed E-state index contributed by atoms with van der Waals surface area (Å²) in [6, 6.07) is 10.6. The lowest BCUT2D eigenvalue weighted by molar-refractivity contribution is -0.121. The highest BCUT2D eigenvalue weighted by Gasteiger charge is 2.29. The fourth-order valence-corrected chi connectivity index (χ4v) is 5.13. The first kappa shape index (κ1) is 25.7. The molecule has 2 aromatic carbocycles. The number of nitrogens with two attached hydrogens (primary N) is 1. The van der Waals surface area contributed by atoms with Crippen LogP contribution < -0.4 is 16.9 Å². The number of halogens is 2. The summed E-state index contributed by atoms with van der Waals surface area (Å²) in [6.07, 6.45) is 1.01. The molecule has 1 amide bonds. The average molecular weight is 614 g/mol. The van der Waals surface area contributed by atoms with Gasteiger partial charge in [-0.25, -0.2) is 16.5 Å². The van der Waals surface area contributed by atoms with Gasteiger partial charge in [0.15, 0.2) is 0 Å². The number of aromatic nitrogens is 4. The third-order valence-electron chi connectivity index (χ3n) is 6.22. The molecule has 0 spiro atoms. The Hall–Kier alpha value is -3.36. The first-order valence-corrected chi connectivity index (χ1v) is 12.4. The van der Waals surface area contributed by atoms with E-state index in [1.165, 1.54) is 0 Å².